The lowest BCUT2D eigenvalue weighted by atomic mass is 9.99. The molecule has 0 aliphatic rings. The normalized spacial score (nSPS) is 14.0. The summed E-state index contributed by atoms with van der Waals surface area (Å²) in [6.07, 6.45) is 0.903. The SMILES string of the molecule is CCSc1ccccc1NC(=O)[C@@H](N)[C@@H](C)CC. The van der Waals surface area contributed by atoms with E-state index >= 15 is 0 Å². The number of para-hydroxylation sites is 1. The molecule has 0 fully saturated rings. The molecule has 3 nitrogen and oxygen atoms in total. The highest BCUT2D eigenvalue weighted by molar-refractivity contribution is 7.99. The van der Waals surface area contributed by atoms with Crippen LogP contribution in [0.15, 0.2) is 29.2 Å². The zero-order valence-corrected chi connectivity index (χ0v) is 12.1. The molecule has 100 valence electrons. The fraction of sp³-hybridized carbons (Fsp3) is 0.500. The minimum atomic E-state index is -0.449. The Hall–Kier alpha value is -1.00. The van der Waals surface area contributed by atoms with Crippen molar-refractivity contribution in [3.05, 3.63) is 24.3 Å². The molecule has 1 rings (SSSR count). The van der Waals surface area contributed by atoms with Crippen LogP contribution >= 0.6 is 11.8 Å². The molecule has 1 aromatic carbocycles. The molecule has 2 atom stereocenters. The van der Waals surface area contributed by atoms with Crippen molar-refractivity contribution in [2.75, 3.05) is 11.1 Å². The number of benzene rings is 1. The smallest absolute Gasteiger partial charge is 0.241 e. The molecule has 0 aliphatic carbocycles. The van der Waals surface area contributed by atoms with Gasteiger partial charge in [-0.2, -0.15) is 0 Å². The molecule has 1 aromatic rings. The van der Waals surface area contributed by atoms with Gasteiger partial charge in [0.25, 0.3) is 0 Å². The maximum absolute atomic E-state index is 12.0. The van der Waals surface area contributed by atoms with Crippen molar-refractivity contribution in [3.8, 4) is 0 Å². The van der Waals surface area contributed by atoms with E-state index in [4.69, 9.17) is 5.73 Å². The zero-order chi connectivity index (χ0) is 13.5. The number of anilines is 1. The second kappa shape index (κ2) is 7.44. The predicted octanol–water partition coefficient (Wildman–Crippen LogP) is 3.11. The Morgan fingerprint density at radius 1 is 1.39 bits per heavy atom. The molecular weight excluding hydrogens is 244 g/mol. The van der Waals surface area contributed by atoms with Gasteiger partial charge in [-0.15, -0.1) is 11.8 Å². The van der Waals surface area contributed by atoms with Crippen LogP contribution in [0.3, 0.4) is 0 Å². The number of rotatable bonds is 6. The average Bonchev–Trinajstić information content (AvgIpc) is 2.39. The third-order valence-corrected chi connectivity index (χ3v) is 3.96. The summed E-state index contributed by atoms with van der Waals surface area (Å²) < 4.78 is 0. The topological polar surface area (TPSA) is 55.1 Å². The fourth-order valence-electron chi connectivity index (χ4n) is 1.58. The van der Waals surface area contributed by atoms with E-state index in [9.17, 15) is 4.79 Å². The number of carbonyl (C=O) groups excluding carboxylic acids is 1. The maximum Gasteiger partial charge on any atom is 0.241 e. The molecule has 0 aromatic heterocycles. The van der Waals surface area contributed by atoms with E-state index in [1.807, 2.05) is 38.1 Å². The van der Waals surface area contributed by atoms with Crippen molar-refractivity contribution in [1.82, 2.24) is 0 Å². The minimum absolute atomic E-state index is 0.103. The Bertz CT molecular complexity index is 395. The molecule has 0 unspecified atom stereocenters. The number of nitrogens with one attached hydrogen (secondary N) is 1. The van der Waals surface area contributed by atoms with Crippen molar-refractivity contribution in [3.63, 3.8) is 0 Å². The number of hydrogen-bond donors (Lipinski definition) is 2. The second-order valence-electron chi connectivity index (χ2n) is 4.33. The molecule has 0 bridgehead atoms. The molecule has 0 radical (unpaired) electrons. The lowest BCUT2D eigenvalue weighted by Gasteiger charge is -2.18. The Morgan fingerprint density at radius 2 is 2.06 bits per heavy atom. The van der Waals surface area contributed by atoms with E-state index in [1.54, 1.807) is 11.8 Å². The van der Waals surface area contributed by atoms with Gasteiger partial charge in [-0.25, -0.2) is 0 Å². The number of thioether (sulfide) groups is 1. The van der Waals surface area contributed by atoms with Crippen LogP contribution in [-0.4, -0.2) is 17.7 Å². The Kier molecular flexibility index (Phi) is 6.22. The van der Waals surface area contributed by atoms with Crippen molar-refractivity contribution >= 4 is 23.4 Å². The van der Waals surface area contributed by atoms with Crippen LogP contribution in [0.25, 0.3) is 0 Å². The first-order valence-corrected chi connectivity index (χ1v) is 7.37. The van der Waals surface area contributed by atoms with Crippen LogP contribution in [0.2, 0.25) is 0 Å². The molecule has 0 spiro atoms. The molecule has 3 N–H and O–H groups in total. The first-order valence-electron chi connectivity index (χ1n) is 6.38. The summed E-state index contributed by atoms with van der Waals surface area (Å²) in [5.41, 5.74) is 6.78. The van der Waals surface area contributed by atoms with Gasteiger partial charge in [-0.05, 0) is 23.8 Å². The average molecular weight is 266 g/mol. The Balaban J connectivity index is 2.75. The van der Waals surface area contributed by atoms with Crippen molar-refractivity contribution < 1.29 is 4.79 Å². The zero-order valence-electron chi connectivity index (χ0n) is 11.3. The number of amides is 1. The van der Waals surface area contributed by atoms with Gasteiger partial charge < -0.3 is 11.1 Å². The lowest BCUT2D eigenvalue weighted by molar-refractivity contribution is -0.118. The molecule has 4 heteroatoms. The standard InChI is InChI=1S/C14H22N2OS/c1-4-10(3)13(15)14(17)16-11-8-6-7-9-12(11)18-5-2/h6-10,13H,4-5,15H2,1-3H3,(H,16,17)/t10-,13-/m0/s1. The van der Waals surface area contributed by atoms with Crippen LogP contribution in [0.4, 0.5) is 5.69 Å². The maximum atomic E-state index is 12.0. The van der Waals surface area contributed by atoms with E-state index in [0.717, 1.165) is 22.8 Å². The summed E-state index contributed by atoms with van der Waals surface area (Å²) in [6, 6.07) is 7.37. The highest BCUT2D eigenvalue weighted by Gasteiger charge is 2.20. The molecule has 18 heavy (non-hydrogen) atoms. The number of nitrogens with two attached hydrogens (primary N) is 1. The highest BCUT2D eigenvalue weighted by atomic mass is 32.2. The van der Waals surface area contributed by atoms with Crippen LogP contribution in [-0.2, 0) is 4.79 Å². The summed E-state index contributed by atoms with van der Waals surface area (Å²) in [5, 5.41) is 2.93. The van der Waals surface area contributed by atoms with Crippen LogP contribution in [0.5, 0.6) is 0 Å². The molecular formula is C14H22N2OS. The van der Waals surface area contributed by atoms with E-state index in [2.05, 4.69) is 12.2 Å². The van der Waals surface area contributed by atoms with Gasteiger partial charge in [0.15, 0.2) is 0 Å². The monoisotopic (exact) mass is 266 g/mol. The van der Waals surface area contributed by atoms with Gasteiger partial charge in [0.05, 0.1) is 11.7 Å². The third-order valence-electron chi connectivity index (χ3n) is 3.00. The molecule has 0 saturated heterocycles. The summed E-state index contributed by atoms with van der Waals surface area (Å²) in [5.74, 6) is 1.06. The van der Waals surface area contributed by atoms with Crippen molar-refractivity contribution in [1.29, 1.82) is 0 Å². The quantitative estimate of drug-likeness (QED) is 0.778. The minimum Gasteiger partial charge on any atom is -0.324 e. The van der Waals surface area contributed by atoms with Gasteiger partial charge in [0.2, 0.25) is 5.91 Å². The highest BCUT2D eigenvalue weighted by Crippen LogP contribution is 2.26. The first-order chi connectivity index (χ1) is 8.60. The summed E-state index contributed by atoms with van der Waals surface area (Å²) in [6.45, 7) is 6.13. The van der Waals surface area contributed by atoms with E-state index < -0.39 is 6.04 Å². The number of hydrogen-bond acceptors (Lipinski definition) is 3. The fourth-order valence-corrected chi connectivity index (χ4v) is 2.34. The summed E-state index contributed by atoms with van der Waals surface area (Å²) in [7, 11) is 0. The van der Waals surface area contributed by atoms with Gasteiger partial charge in [0.1, 0.15) is 0 Å². The van der Waals surface area contributed by atoms with Crippen LogP contribution in [0.1, 0.15) is 27.2 Å². The van der Waals surface area contributed by atoms with Crippen molar-refractivity contribution in [2.24, 2.45) is 11.7 Å². The number of carbonyl (C=O) groups is 1. The van der Waals surface area contributed by atoms with Gasteiger partial charge in [-0.1, -0.05) is 39.3 Å². The molecule has 0 heterocycles. The lowest BCUT2D eigenvalue weighted by Crippen LogP contribution is -2.40. The van der Waals surface area contributed by atoms with E-state index in [0.29, 0.717) is 0 Å². The largest absolute Gasteiger partial charge is 0.324 e. The van der Waals surface area contributed by atoms with Crippen molar-refractivity contribution in [2.45, 2.75) is 38.1 Å². The summed E-state index contributed by atoms with van der Waals surface area (Å²) >= 11 is 1.71. The van der Waals surface area contributed by atoms with E-state index in [1.165, 1.54) is 0 Å². The van der Waals surface area contributed by atoms with Gasteiger partial charge in [-0.3, -0.25) is 4.79 Å². The molecule has 0 aliphatic heterocycles. The summed E-state index contributed by atoms with van der Waals surface area (Å²) in [4.78, 5) is 13.1. The Morgan fingerprint density at radius 3 is 2.67 bits per heavy atom. The van der Waals surface area contributed by atoms with Gasteiger partial charge >= 0.3 is 0 Å². The van der Waals surface area contributed by atoms with Crippen LogP contribution in [0, 0.1) is 5.92 Å². The predicted molar refractivity (Wildman–Crippen MR) is 78.9 cm³/mol. The molecule has 1 amide bonds. The van der Waals surface area contributed by atoms with E-state index in [-0.39, 0.29) is 11.8 Å². The Labute approximate surface area is 114 Å². The van der Waals surface area contributed by atoms with Gasteiger partial charge in [0, 0.05) is 4.90 Å². The third kappa shape index (κ3) is 4.03. The first kappa shape index (κ1) is 15.1. The van der Waals surface area contributed by atoms with Crippen LogP contribution < -0.4 is 11.1 Å². The second-order valence-corrected chi connectivity index (χ2v) is 5.64. The molecule has 0 saturated carbocycles.